The van der Waals surface area contributed by atoms with E-state index in [9.17, 15) is 4.79 Å². The Hall–Kier alpha value is -1.58. The maximum atomic E-state index is 12.9. The Kier molecular flexibility index (Phi) is 3.53. The number of rotatable bonds is 3. The summed E-state index contributed by atoms with van der Waals surface area (Å²) in [5, 5.41) is 3.17. The molecular weight excluding hydrogens is 298 g/mol. The number of carbonyl (C=O) groups excluding carboxylic acids is 1. The number of amides is 1. The highest BCUT2D eigenvalue weighted by atomic mass is 16.1. The summed E-state index contributed by atoms with van der Waals surface area (Å²) < 4.78 is 0. The van der Waals surface area contributed by atoms with E-state index in [-0.39, 0.29) is 11.8 Å². The summed E-state index contributed by atoms with van der Waals surface area (Å²) in [6.45, 7) is 2.21. The Morgan fingerprint density at radius 3 is 2.25 bits per heavy atom. The van der Waals surface area contributed by atoms with Crippen molar-refractivity contribution in [3.8, 4) is 0 Å². The molecule has 4 saturated carbocycles. The average molecular weight is 325 g/mol. The number of hydrogen-bond donors (Lipinski definition) is 1. The Bertz CT molecular complexity index is 592. The normalized spacial score (nSPS) is 37.0. The van der Waals surface area contributed by atoms with E-state index in [1.165, 1.54) is 44.9 Å². The second kappa shape index (κ2) is 5.75. The zero-order valence-electron chi connectivity index (χ0n) is 14.3. The van der Waals surface area contributed by atoms with Gasteiger partial charge in [0.2, 0.25) is 5.91 Å². The highest BCUT2D eigenvalue weighted by Crippen LogP contribution is 2.56. The zero-order valence-corrected chi connectivity index (χ0v) is 14.3. The molecule has 1 saturated heterocycles. The summed E-state index contributed by atoms with van der Waals surface area (Å²) in [4.78, 5) is 19.8. The minimum atomic E-state index is 0.246. The molecule has 1 aliphatic heterocycles. The van der Waals surface area contributed by atoms with E-state index in [1.807, 2.05) is 12.3 Å². The van der Waals surface area contributed by atoms with Crippen LogP contribution in [0.1, 0.15) is 44.9 Å². The Labute approximate surface area is 144 Å². The smallest absolute Gasteiger partial charge is 0.228 e. The molecule has 1 N–H and O–H groups in total. The molecule has 4 bridgehead atoms. The highest BCUT2D eigenvalue weighted by molar-refractivity contribution is 5.93. The van der Waals surface area contributed by atoms with E-state index in [0.29, 0.717) is 11.8 Å². The first-order valence-electron chi connectivity index (χ1n) is 9.78. The molecule has 1 amide bonds. The molecule has 5 aliphatic rings. The summed E-state index contributed by atoms with van der Waals surface area (Å²) in [6.07, 6.45) is 10.9. The van der Waals surface area contributed by atoms with Crippen molar-refractivity contribution in [1.82, 2.24) is 4.98 Å². The van der Waals surface area contributed by atoms with Crippen molar-refractivity contribution < 1.29 is 4.79 Å². The third-order valence-electron chi connectivity index (χ3n) is 6.97. The van der Waals surface area contributed by atoms with Crippen LogP contribution in [0.15, 0.2) is 18.3 Å². The largest absolute Gasteiger partial charge is 0.357 e. The van der Waals surface area contributed by atoms with E-state index >= 15 is 0 Å². The Morgan fingerprint density at radius 2 is 1.67 bits per heavy atom. The van der Waals surface area contributed by atoms with Gasteiger partial charge in [-0.2, -0.15) is 0 Å². The molecule has 128 valence electrons. The monoisotopic (exact) mass is 325 g/mol. The van der Waals surface area contributed by atoms with E-state index in [0.717, 1.165) is 36.4 Å². The summed E-state index contributed by atoms with van der Waals surface area (Å²) in [5.74, 6) is 4.64. The van der Waals surface area contributed by atoms with Crippen LogP contribution in [0.2, 0.25) is 0 Å². The van der Waals surface area contributed by atoms with Gasteiger partial charge in [0.1, 0.15) is 5.82 Å². The van der Waals surface area contributed by atoms with Crippen molar-refractivity contribution in [1.29, 1.82) is 0 Å². The number of hydrogen-bond acceptors (Lipinski definition) is 3. The van der Waals surface area contributed by atoms with Gasteiger partial charge in [0, 0.05) is 19.0 Å². The van der Waals surface area contributed by atoms with E-state index in [1.54, 1.807) is 0 Å². The van der Waals surface area contributed by atoms with Crippen LogP contribution >= 0.6 is 0 Å². The first-order chi connectivity index (χ1) is 11.8. The van der Waals surface area contributed by atoms with Crippen LogP contribution in [0, 0.1) is 29.6 Å². The van der Waals surface area contributed by atoms with Gasteiger partial charge in [0.25, 0.3) is 0 Å². The standard InChI is InChI=1S/C20H27N3O/c24-20(19-15-8-13-7-14(10-15)11-16(19)9-13)22-17-3-4-18(21-12-17)23-5-1-2-6-23/h3-4,12-16,19H,1-2,5-11H2,(H,22,24). The molecular formula is C20H27N3O. The molecule has 5 fully saturated rings. The molecule has 4 nitrogen and oxygen atoms in total. The van der Waals surface area contributed by atoms with Crippen molar-refractivity contribution in [2.45, 2.75) is 44.9 Å². The lowest BCUT2D eigenvalue weighted by atomic mass is 9.51. The van der Waals surface area contributed by atoms with Gasteiger partial charge in [-0.3, -0.25) is 4.79 Å². The number of nitrogens with one attached hydrogen (secondary N) is 1. The molecule has 0 unspecified atom stereocenters. The molecule has 24 heavy (non-hydrogen) atoms. The fourth-order valence-corrected chi connectivity index (χ4v) is 6.17. The van der Waals surface area contributed by atoms with Gasteiger partial charge in [-0.1, -0.05) is 0 Å². The molecule has 0 atom stereocenters. The molecule has 4 aliphatic carbocycles. The maximum absolute atomic E-state index is 12.9. The molecule has 2 heterocycles. The second-order valence-corrected chi connectivity index (χ2v) is 8.54. The minimum absolute atomic E-state index is 0.246. The van der Waals surface area contributed by atoms with Crippen molar-refractivity contribution in [2.24, 2.45) is 29.6 Å². The highest BCUT2D eigenvalue weighted by Gasteiger charge is 2.50. The van der Waals surface area contributed by atoms with Gasteiger partial charge in [0.15, 0.2) is 0 Å². The molecule has 4 heteroatoms. The fraction of sp³-hybridized carbons (Fsp3) is 0.700. The zero-order chi connectivity index (χ0) is 16.1. The molecule has 6 rings (SSSR count). The van der Waals surface area contributed by atoms with E-state index < -0.39 is 0 Å². The average Bonchev–Trinajstić information content (AvgIpc) is 3.09. The van der Waals surface area contributed by atoms with Crippen LogP contribution in [0.3, 0.4) is 0 Å². The minimum Gasteiger partial charge on any atom is -0.357 e. The van der Waals surface area contributed by atoms with Gasteiger partial charge in [0.05, 0.1) is 11.9 Å². The molecule has 0 radical (unpaired) electrons. The molecule has 1 aromatic rings. The van der Waals surface area contributed by atoms with Gasteiger partial charge in [-0.25, -0.2) is 4.98 Å². The molecule has 1 aromatic heterocycles. The van der Waals surface area contributed by atoms with Gasteiger partial charge in [-0.15, -0.1) is 0 Å². The summed E-state index contributed by atoms with van der Waals surface area (Å²) in [7, 11) is 0. The summed E-state index contributed by atoms with van der Waals surface area (Å²) >= 11 is 0. The predicted octanol–water partition coefficient (Wildman–Crippen LogP) is 3.69. The van der Waals surface area contributed by atoms with Crippen molar-refractivity contribution in [3.05, 3.63) is 18.3 Å². The lowest BCUT2D eigenvalue weighted by molar-refractivity contribution is -0.132. The Morgan fingerprint density at radius 1 is 1.00 bits per heavy atom. The van der Waals surface area contributed by atoms with Crippen LogP contribution in [0.4, 0.5) is 11.5 Å². The number of anilines is 2. The summed E-state index contributed by atoms with van der Waals surface area (Å²) in [5.41, 5.74) is 0.858. The second-order valence-electron chi connectivity index (χ2n) is 8.54. The van der Waals surface area contributed by atoms with Crippen molar-refractivity contribution in [2.75, 3.05) is 23.3 Å². The molecule has 0 aromatic carbocycles. The third kappa shape index (κ3) is 2.51. The first-order valence-corrected chi connectivity index (χ1v) is 9.78. The maximum Gasteiger partial charge on any atom is 0.228 e. The molecule has 0 spiro atoms. The van der Waals surface area contributed by atoms with Gasteiger partial charge >= 0.3 is 0 Å². The van der Waals surface area contributed by atoms with Gasteiger partial charge in [-0.05, 0) is 80.8 Å². The topological polar surface area (TPSA) is 45.2 Å². The van der Waals surface area contributed by atoms with Crippen LogP contribution in [0.25, 0.3) is 0 Å². The van der Waals surface area contributed by atoms with E-state index in [2.05, 4.69) is 21.3 Å². The number of pyridine rings is 1. The third-order valence-corrected chi connectivity index (χ3v) is 6.97. The predicted molar refractivity (Wildman–Crippen MR) is 94.8 cm³/mol. The lowest BCUT2D eigenvalue weighted by Gasteiger charge is -2.53. The lowest BCUT2D eigenvalue weighted by Crippen LogP contribution is -2.49. The van der Waals surface area contributed by atoms with Crippen LogP contribution in [-0.2, 0) is 4.79 Å². The summed E-state index contributed by atoms with van der Waals surface area (Å²) in [6, 6.07) is 4.08. The number of carbonyl (C=O) groups is 1. The van der Waals surface area contributed by atoms with Crippen molar-refractivity contribution >= 4 is 17.4 Å². The van der Waals surface area contributed by atoms with E-state index in [4.69, 9.17) is 0 Å². The first kappa shape index (κ1) is 14.7. The van der Waals surface area contributed by atoms with Gasteiger partial charge < -0.3 is 10.2 Å². The number of nitrogens with zero attached hydrogens (tertiary/aromatic N) is 2. The Balaban J connectivity index is 1.27. The van der Waals surface area contributed by atoms with Crippen LogP contribution in [-0.4, -0.2) is 24.0 Å². The SMILES string of the molecule is O=C(Nc1ccc(N2CCCC2)nc1)C1C2CC3CC(C2)CC1C3. The fourth-order valence-electron chi connectivity index (χ4n) is 6.17. The van der Waals surface area contributed by atoms with Crippen LogP contribution in [0.5, 0.6) is 0 Å². The van der Waals surface area contributed by atoms with Crippen LogP contribution < -0.4 is 10.2 Å². The number of aromatic nitrogens is 1. The van der Waals surface area contributed by atoms with Crippen molar-refractivity contribution in [3.63, 3.8) is 0 Å². The quantitative estimate of drug-likeness (QED) is 0.922.